The summed E-state index contributed by atoms with van der Waals surface area (Å²) < 4.78 is 16.1. The summed E-state index contributed by atoms with van der Waals surface area (Å²) in [6.45, 7) is 1.12. The molecule has 0 bridgehead atoms. The van der Waals surface area contributed by atoms with Crippen molar-refractivity contribution in [1.29, 1.82) is 0 Å². The minimum atomic E-state index is -0.949. The first-order valence-corrected chi connectivity index (χ1v) is 6.76. The van der Waals surface area contributed by atoms with E-state index < -0.39 is 5.97 Å². The van der Waals surface area contributed by atoms with Crippen molar-refractivity contribution in [3.63, 3.8) is 0 Å². The second kappa shape index (κ2) is 7.26. The van der Waals surface area contributed by atoms with Crippen molar-refractivity contribution in [2.24, 2.45) is 5.92 Å². The quantitative estimate of drug-likeness (QED) is 0.866. The molecule has 5 nitrogen and oxygen atoms in total. The largest absolute Gasteiger partial charge is 0.497 e. The molecule has 5 heteroatoms. The number of methoxy groups -OCH3 is 1. The normalized spacial score (nSPS) is 17.6. The zero-order chi connectivity index (χ0) is 14.4. The van der Waals surface area contributed by atoms with Gasteiger partial charge in [0.2, 0.25) is 0 Å². The number of benzene rings is 1. The first-order chi connectivity index (χ1) is 9.70. The van der Waals surface area contributed by atoms with E-state index in [4.69, 9.17) is 19.3 Å². The van der Waals surface area contributed by atoms with Crippen LogP contribution in [-0.2, 0) is 14.3 Å². The number of carbonyl (C=O) groups is 1. The second-order valence-electron chi connectivity index (χ2n) is 4.85. The first kappa shape index (κ1) is 14.8. The third-order valence-corrected chi connectivity index (χ3v) is 3.52. The molecule has 2 rings (SSSR count). The molecule has 1 N–H and O–H groups in total. The molecule has 0 aromatic heterocycles. The summed E-state index contributed by atoms with van der Waals surface area (Å²) in [5.41, 5.74) is 0.985. The van der Waals surface area contributed by atoms with Gasteiger partial charge in [-0.05, 0) is 36.5 Å². The summed E-state index contributed by atoms with van der Waals surface area (Å²) in [6, 6.07) is 7.60. The van der Waals surface area contributed by atoms with Gasteiger partial charge in [0.15, 0.2) is 0 Å². The predicted molar refractivity (Wildman–Crippen MR) is 72.9 cm³/mol. The van der Waals surface area contributed by atoms with Crippen LogP contribution in [0.2, 0.25) is 0 Å². The van der Waals surface area contributed by atoms with E-state index in [9.17, 15) is 4.79 Å². The number of rotatable bonds is 6. The summed E-state index contributed by atoms with van der Waals surface area (Å²) in [7, 11) is 1.62. The van der Waals surface area contributed by atoms with Gasteiger partial charge in [-0.25, -0.2) is 4.79 Å². The van der Waals surface area contributed by atoms with Crippen LogP contribution in [0.5, 0.6) is 5.75 Å². The number of hydrogen-bond donors (Lipinski definition) is 1. The monoisotopic (exact) mass is 280 g/mol. The average molecular weight is 280 g/mol. The molecule has 20 heavy (non-hydrogen) atoms. The van der Waals surface area contributed by atoms with Gasteiger partial charge in [-0.3, -0.25) is 0 Å². The Balaban J connectivity index is 2.12. The Hall–Kier alpha value is -1.59. The van der Waals surface area contributed by atoms with Gasteiger partial charge in [-0.15, -0.1) is 0 Å². The topological polar surface area (TPSA) is 65.0 Å². The number of aliphatic carboxylic acids is 1. The highest BCUT2D eigenvalue weighted by Crippen LogP contribution is 2.33. The molecule has 110 valence electrons. The molecule has 1 aliphatic heterocycles. The molecule has 1 aromatic rings. The Morgan fingerprint density at radius 2 is 2.00 bits per heavy atom. The average Bonchev–Trinajstić information content (AvgIpc) is 2.49. The van der Waals surface area contributed by atoms with Crippen molar-refractivity contribution < 1.29 is 24.1 Å². The SMILES string of the molecule is COc1ccc(C(OCC(=O)O)C2CCOCC2)cc1. The van der Waals surface area contributed by atoms with Gasteiger partial charge in [0.1, 0.15) is 12.4 Å². The molecule has 0 aliphatic carbocycles. The summed E-state index contributed by atoms with van der Waals surface area (Å²) in [5.74, 6) is 0.116. The zero-order valence-electron chi connectivity index (χ0n) is 11.6. The molecular formula is C15H20O5. The van der Waals surface area contributed by atoms with Crippen molar-refractivity contribution in [1.82, 2.24) is 0 Å². The van der Waals surface area contributed by atoms with Crippen LogP contribution in [0.25, 0.3) is 0 Å². The van der Waals surface area contributed by atoms with E-state index in [-0.39, 0.29) is 18.6 Å². The highest BCUT2D eigenvalue weighted by molar-refractivity contribution is 5.68. The Bertz CT molecular complexity index is 422. The molecule has 1 atom stereocenters. The zero-order valence-corrected chi connectivity index (χ0v) is 11.6. The van der Waals surface area contributed by atoms with Crippen LogP contribution in [0.1, 0.15) is 24.5 Å². The Labute approximate surface area is 118 Å². The molecule has 1 saturated heterocycles. The van der Waals surface area contributed by atoms with Gasteiger partial charge in [-0.1, -0.05) is 12.1 Å². The Morgan fingerprint density at radius 1 is 1.35 bits per heavy atom. The van der Waals surface area contributed by atoms with Crippen LogP contribution < -0.4 is 4.74 Å². The summed E-state index contributed by atoms with van der Waals surface area (Å²) in [6.07, 6.45) is 1.56. The van der Waals surface area contributed by atoms with Crippen LogP contribution in [0.3, 0.4) is 0 Å². The molecule has 1 aliphatic rings. The minimum absolute atomic E-state index is 0.207. The Morgan fingerprint density at radius 3 is 2.55 bits per heavy atom. The fourth-order valence-electron chi connectivity index (χ4n) is 2.48. The molecule has 1 unspecified atom stereocenters. The highest BCUT2D eigenvalue weighted by atomic mass is 16.5. The molecular weight excluding hydrogens is 260 g/mol. The number of hydrogen-bond acceptors (Lipinski definition) is 4. The molecule has 0 spiro atoms. The van der Waals surface area contributed by atoms with Crippen molar-refractivity contribution in [3.05, 3.63) is 29.8 Å². The van der Waals surface area contributed by atoms with E-state index >= 15 is 0 Å². The van der Waals surface area contributed by atoms with Crippen LogP contribution >= 0.6 is 0 Å². The maximum atomic E-state index is 10.7. The molecule has 1 fully saturated rings. The van der Waals surface area contributed by atoms with Crippen LogP contribution in [0, 0.1) is 5.92 Å². The fourth-order valence-corrected chi connectivity index (χ4v) is 2.48. The van der Waals surface area contributed by atoms with Crippen molar-refractivity contribution in [2.75, 3.05) is 26.9 Å². The fraction of sp³-hybridized carbons (Fsp3) is 0.533. The summed E-state index contributed by atoms with van der Waals surface area (Å²) in [4.78, 5) is 10.7. The van der Waals surface area contributed by atoms with Gasteiger partial charge in [0.05, 0.1) is 13.2 Å². The predicted octanol–water partition coefficient (Wildman–Crippen LogP) is 2.26. The van der Waals surface area contributed by atoms with E-state index in [1.54, 1.807) is 7.11 Å². The van der Waals surface area contributed by atoms with Gasteiger partial charge < -0.3 is 19.3 Å². The molecule has 1 heterocycles. The van der Waals surface area contributed by atoms with Crippen LogP contribution in [0.4, 0.5) is 0 Å². The van der Waals surface area contributed by atoms with E-state index in [1.165, 1.54) is 0 Å². The number of ether oxygens (including phenoxy) is 3. The smallest absolute Gasteiger partial charge is 0.329 e. The standard InChI is InChI=1S/C15H20O5/c1-18-13-4-2-11(3-5-13)15(20-10-14(16)17)12-6-8-19-9-7-12/h2-5,12,15H,6-10H2,1H3,(H,16,17). The first-order valence-electron chi connectivity index (χ1n) is 6.76. The third-order valence-electron chi connectivity index (χ3n) is 3.52. The van der Waals surface area contributed by atoms with Crippen LogP contribution in [-0.4, -0.2) is 38.0 Å². The van der Waals surface area contributed by atoms with E-state index in [0.29, 0.717) is 13.2 Å². The van der Waals surface area contributed by atoms with E-state index in [2.05, 4.69) is 0 Å². The van der Waals surface area contributed by atoms with Gasteiger partial charge in [0, 0.05) is 13.2 Å². The number of carboxylic acids is 1. The van der Waals surface area contributed by atoms with Crippen molar-refractivity contribution in [3.8, 4) is 5.75 Å². The maximum absolute atomic E-state index is 10.7. The maximum Gasteiger partial charge on any atom is 0.329 e. The lowest BCUT2D eigenvalue weighted by atomic mass is 9.89. The van der Waals surface area contributed by atoms with Crippen molar-refractivity contribution in [2.45, 2.75) is 18.9 Å². The molecule has 1 aromatic carbocycles. The molecule has 0 amide bonds. The van der Waals surface area contributed by atoms with Crippen LogP contribution in [0.15, 0.2) is 24.3 Å². The number of carboxylic acid groups (broad SMARTS) is 1. The lowest BCUT2D eigenvalue weighted by Gasteiger charge is -2.30. The molecule has 0 saturated carbocycles. The highest BCUT2D eigenvalue weighted by Gasteiger charge is 2.26. The van der Waals surface area contributed by atoms with Gasteiger partial charge >= 0.3 is 5.97 Å². The lowest BCUT2D eigenvalue weighted by Crippen LogP contribution is -2.25. The third kappa shape index (κ3) is 3.95. The van der Waals surface area contributed by atoms with E-state index in [1.807, 2.05) is 24.3 Å². The van der Waals surface area contributed by atoms with E-state index in [0.717, 1.165) is 24.2 Å². The molecule has 0 radical (unpaired) electrons. The Kier molecular flexibility index (Phi) is 5.38. The summed E-state index contributed by atoms with van der Waals surface area (Å²) >= 11 is 0. The minimum Gasteiger partial charge on any atom is -0.497 e. The lowest BCUT2D eigenvalue weighted by molar-refractivity contribution is -0.146. The van der Waals surface area contributed by atoms with Crippen molar-refractivity contribution >= 4 is 5.97 Å². The van der Waals surface area contributed by atoms with Gasteiger partial charge in [0.25, 0.3) is 0 Å². The van der Waals surface area contributed by atoms with Gasteiger partial charge in [-0.2, -0.15) is 0 Å². The summed E-state index contributed by atoms with van der Waals surface area (Å²) in [5, 5.41) is 8.82. The second-order valence-corrected chi connectivity index (χ2v) is 4.85.